The molecule has 0 aliphatic heterocycles. The summed E-state index contributed by atoms with van der Waals surface area (Å²) in [6, 6.07) is 2.74. The molecule has 0 aliphatic carbocycles. The first-order valence-electron chi connectivity index (χ1n) is 3.86. The zero-order valence-electron chi connectivity index (χ0n) is 7.21. The number of thiophene rings is 1. The minimum absolute atomic E-state index is 0.107. The predicted octanol–water partition coefficient (Wildman–Crippen LogP) is 3.07. The van der Waals surface area contributed by atoms with Gasteiger partial charge in [0.2, 0.25) is 0 Å². The van der Waals surface area contributed by atoms with Crippen molar-refractivity contribution in [1.29, 1.82) is 0 Å². The summed E-state index contributed by atoms with van der Waals surface area (Å²) in [4.78, 5) is -0.107. The van der Waals surface area contributed by atoms with E-state index < -0.39 is 18.2 Å². The predicted molar refractivity (Wildman–Crippen MR) is 49.1 cm³/mol. The third kappa shape index (κ3) is 1.83. The topological polar surface area (TPSA) is 20.2 Å². The van der Waals surface area contributed by atoms with Gasteiger partial charge in [-0.05, 0) is 11.4 Å². The van der Waals surface area contributed by atoms with Crippen LogP contribution in [0.25, 0.3) is 0 Å². The van der Waals surface area contributed by atoms with E-state index in [1.807, 2.05) is 0 Å². The molecule has 0 bridgehead atoms. The van der Waals surface area contributed by atoms with Crippen LogP contribution >= 0.6 is 11.3 Å². The first kappa shape index (κ1) is 11.3. The maximum atomic E-state index is 12.6. The number of rotatable bonds is 3. The van der Waals surface area contributed by atoms with Gasteiger partial charge in [-0.1, -0.05) is 12.1 Å². The Hall–Kier alpha value is -0.810. The summed E-state index contributed by atoms with van der Waals surface area (Å²) in [6.45, 7) is 3.21. The third-order valence-corrected chi connectivity index (χ3v) is 2.86. The zero-order chi connectivity index (χ0) is 10.8. The second-order valence-electron chi connectivity index (χ2n) is 2.83. The summed E-state index contributed by atoms with van der Waals surface area (Å²) >= 11 is 0.879. The van der Waals surface area contributed by atoms with E-state index in [4.69, 9.17) is 0 Å². The van der Waals surface area contributed by atoms with Crippen LogP contribution in [0.15, 0.2) is 30.2 Å². The van der Waals surface area contributed by atoms with E-state index in [9.17, 15) is 18.3 Å². The summed E-state index contributed by atoms with van der Waals surface area (Å²) in [6.07, 6.45) is -4.14. The number of halogens is 3. The molecule has 0 aromatic carbocycles. The largest absolute Gasteiger partial charge is 0.422 e. The summed E-state index contributed by atoms with van der Waals surface area (Å²) in [5, 5.41) is 11.0. The van der Waals surface area contributed by atoms with E-state index in [0.29, 0.717) is 0 Å². The van der Waals surface area contributed by atoms with Crippen LogP contribution < -0.4 is 0 Å². The van der Waals surface area contributed by atoms with Crippen LogP contribution in [-0.2, 0) is 5.60 Å². The van der Waals surface area contributed by atoms with Crippen molar-refractivity contribution in [1.82, 2.24) is 0 Å². The molecule has 78 valence electrons. The highest BCUT2D eigenvalue weighted by Gasteiger charge is 2.54. The molecule has 1 aromatic heterocycles. The number of hydrogen-bond acceptors (Lipinski definition) is 2. The number of hydrogen-bond donors (Lipinski definition) is 1. The van der Waals surface area contributed by atoms with Crippen molar-refractivity contribution in [2.75, 3.05) is 0 Å². The van der Waals surface area contributed by atoms with Crippen molar-refractivity contribution >= 4 is 11.3 Å². The SMILES string of the molecule is C=CC[C@@](O)(c1cccs1)C(F)(F)F. The van der Waals surface area contributed by atoms with Gasteiger partial charge in [0.25, 0.3) is 0 Å². The van der Waals surface area contributed by atoms with Crippen LogP contribution in [0.5, 0.6) is 0 Å². The summed E-state index contributed by atoms with van der Waals surface area (Å²) in [5.74, 6) is 0. The van der Waals surface area contributed by atoms with Crippen LogP contribution in [0.1, 0.15) is 11.3 Å². The summed E-state index contributed by atoms with van der Waals surface area (Å²) < 4.78 is 37.7. The average molecular weight is 222 g/mol. The van der Waals surface area contributed by atoms with Crippen LogP contribution in [0, 0.1) is 0 Å². The Labute approximate surface area is 83.5 Å². The molecule has 14 heavy (non-hydrogen) atoms. The molecule has 0 amide bonds. The van der Waals surface area contributed by atoms with E-state index in [-0.39, 0.29) is 4.88 Å². The lowest BCUT2D eigenvalue weighted by Crippen LogP contribution is -2.41. The quantitative estimate of drug-likeness (QED) is 0.779. The Kier molecular flexibility index (Phi) is 3.01. The molecule has 0 radical (unpaired) electrons. The van der Waals surface area contributed by atoms with E-state index >= 15 is 0 Å². The van der Waals surface area contributed by atoms with E-state index in [1.54, 1.807) is 0 Å². The number of alkyl halides is 3. The normalized spacial score (nSPS) is 16.3. The van der Waals surface area contributed by atoms with Crippen molar-refractivity contribution in [3.8, 4) is 0 Å². The molecule has 1 nitrogen and oxygen atoms in total. The lowest BCUT2D eigenvalue weighted by molar-refractivity contribution is -0.264. The maximum Gasteiger partial charge on any atom is 0.422 e. The Balaban J connectivity index is 3.11. The molecule has 1 atom stereocenters. The van der Waals surface area contributed by atoms with Gasteiger partial charge in [-0.15, -0.1) is 17.9 Å². The molecule has 0 fully saturated rings. The van der Waals surface area contributed by atoms with E-state index in [2.05, 4.69) is 6.58 Å². The Bertz CT molecular complexity index is 304. The maximum absolute atomic E-state index is 12.6. The second kappa shape index (κ2) is 3.74. The molecule has 0 aliphatic rings. The fraction of sp³-hybridized carbons (Fsp3) is 0.333. The molecule has 1 aromatic rings. The van der Waals surface area contributed by atoms with Crippen molar-refractivity contribution in [2.45, 2.75) is 18.2 Å². The first-order chi connectivity index (χ1) is 6.42. The highest BCUT2D eigenvalue weighted by atomic mass is 32.1. The first-order valence-corrected chi connectivity index (χ1v) is 4.74. The molecule has 0 saturated heterocycles. The van der Waals surface area contributed by atoms with Gasteiger partial charge in [-0.25, -0.2) is 0 Å². The standard InChI is InChI=1S/C9H9F3OS/c1-2-5-8(13,9(10,11)12)7-4-3-6-14-7/h2-4,6,13H,1,5H2/t8-/m1/s1. The lowest BCUT2D eigenvalue weighted by atomic mass is 9.97. The molecule has 0 saturated carbocycles. The molecule has 0 spiro atoms. The Morgan fingerprint density at radius 1 is 1.50 bits per heavy atom. The molecular formula is C9H9F3OS. The minimum Gasteiger partial charge on any atom is -0.375 e. The van der Waals surface area contributed by atoms with Crippen molar-refractivity contribution in [2.24, 2.45) is 0 Å². The number of aliphatic hydroxyl groups is 1. The van der Waals surface area contributed by atoms with Crippen molar-refractivity contribution in [3.63, 3.8) is 0 Å². The van der Waals surface area contributed by atoms with E-state index in [0.717, 1.165) is 17.4 Å². The average Bonchev–Trinajstić information content (AvgIpc) is 2.54. The molecule has 0 unspecified atom stereocenters. The van der Waals surface area contributed by atoms with Crippen LogP contribution in [-0.4, -0.2) is 11.3 Å². The Morgan fingerprint density at radius 2 is 2.14 bits per heavy atom. The third-order valence-electron chi connectivity index (χ3n) is 1.84. The van der Waals surface area contributed by atoms with Gasteiger partial charge in [-0.3, -0.25) is 0 Å². The van der Waals surface area contributed by atoms with Crippen LogP contribution in [0.2, 0.25) is 0 Å². The lowest BCUT2D eigenvalue weighted by Gasteiger charge is -2.28. The highest BCUT2D eigenvalue weighted by Crippen LogP contribution is 2.43. The molecule has 1 N–H and O–H groups in total. The molecule has 1 heterocycles. The van der Waals surface area contributed by atoms with Gasteiger partial charge in [0.1, 0.15) is 0 Å². The van der Waals surface area contributed by atoms with E-state index in [1.165, 1.54) is 17.5 Å². The van der Waals surface area contributed by atoms with Gasteiger partial charge in [0, 0.05) is 11.3 Å². The van der Waals surface area contributed by atoms with Gasteiger partial charge in [0.15, 0.2) is 5.60 Å². The molecular weight excluding hydrogens is 213 g/mol. The van der Waals surface area contributed by atoms with Gasteiger partial charge in [-0.2, -0.15) is 13.2 Å². The smallest absolute Gasteiger partial charge is 0.375 e. The van der Waals surface area contributed by atoms with Gasteiger partial charge >= 0.3 is 6.18 Å². The zero-order valence-corrected chi connectivity index (χ0v) is 8.03. The summed E-state index contributed by atoms with van der Waals surface area (Å²) in [5.41, 5.74) is -2.79. The highest BCUT2D eigenvalue weighted by molar-refractivity contribution is 7.10. The fourth-order valence-electron chi connectivity index (χ4n) is 1.08. The van der Waals surface area contributed by atoms with Crippen LogP contribution in [0.4, 0.5) is 13.2 Å². The molecule has 5 heteroatoms. The van der Waals surface area contributed by atoms with Gasteiger partial charge < -0.3 is 5.11 Å². The van der Waals surface area contributed by atoms with Crippen molar-refractivity contribution in [3.05, 3.63) is 35.0 Å². The fourth-order valence-corrected chi connectivity index (χ4v) is 1.93. The summed E-state index contributed by atoms with van der Waals surface area (Å²) in [7, 11) is 0. The van der Waals surface area contributed by atoms with Crippen LogP contribution in [0.3, 0.4) is 0 Å². The second-order valence-corrected chi connectivity index (χ2v) is 3.78. The van der Waals surface area contributed by atoms with Gasteiger partial charge in [0.05, 0.1) is 0 Å². The molecule has 1 rings (SSSR count). The Morgan fingerprint density at radius 3 is 2.50 bits per heavy atom. The monoisotopic (exact) mass is 222 g/mol. The van der Waals surface area contributed by atoms with Crippen molar-refractivity contribution < 1.29 is 18.3 Å². The minimum atomic E-state index is -4.67.